The summed E-state index contributed by atoms with van der Waals surface area (Å²) in [6.45, 7) is 1.69. The van der Waals surface area contributed by atoms with E-state index in [1.165, 1.54) is 11.8 Å². The van der Waals surface area contributed by atoms with Crippen LogP contribution in [0.1, 0.15) is 6.92 Å². The van der Waals surface area contributed by atoms with E-state index in [2.05, 4.69) is 0 Å². The molecular weight excluding hydrogens is 220 g/mol. The molecule has 1 N–H and O–H groups in total. The van der Waals surface area contributed by atoms with Gasteiger partial charge in [0, 0.05) is 4.90 Å². The van der Waals surface area contributed by atoms with Gasteiger partial charge in [-0.15, -0.1) is 23.4 Å². The fourth-order valence-corrected chi connectivity index (χ4v) is 2.14. The van der Waals surface area contributed by atoms with Crippen molar-refractivity contribution in [1.82, 2.24) is 0 Å². The summed E-state index contributed by atoms with van der Waals surface area (Å²) in [6, 6.07) is 9.39. The highest BCUT2D eigenvalue weighted by Crippen LogP contribution is 2.27. The fraction of sp³-hybridized carbons (Fsp3) is 0.300. The molecule has 0 bridgehead atoms. The molecule has 1 aromatic rings. The molecule has 0 amide bonds. The van der Waals surface area contributed by atoms with Crippen LogP contribution in [0.4, 0.5) is 0 Å². The molecule has 1 rings (SSSR count). The van der Waals surface area contributed by atoms with Crippen LogP contribution in [0.2, 0.25) is 0 Å². The summed E-state index contributed by atoms with van der Waals surface area (Å²) >= 11 is 7.06. The first-order valence-corrected chi connectivity index (χ1v) is 5.51. The van der Waals surface area contributed by atoms with E-state index < -0.39 is 16.6 Å². The molecule has 0 fully saturated rings. The summed E-state index contributed by atoms with van der Waals surface area (Å²) in [4.78, 5) is 11.8. The van der Waals surface area contributed by atoms with Gasteiger partial charge in [0.1, 0.15) is 5.25 Å². The van der Waals surface area contributed by atoms with E-state index in [1.807, 2.05) is 30.3 Å². The van der Waals surface area contributed by atoms with E-state index in [-0.39, 0.29) is 0 Å². The van der Waals surface area contributed by atoms with Crippen molar-refractivity contribution in [2.45, 2.75) is 22.4 Å². The first-order chi connectivity index (χ1) is 6.61. The third-order valence-corrected chi connectivity index (χ3v) is 3.48. The Morgan fingerprint density at radius 2 is 2.00 bits per heavy atom. The first-order valence-electron chi connectivity index (χ1n) is 4.20. The lowest BCUT2D eigenvalue weighted by molar-refractivity contribution is -0.136. The molecule has 0 saturated heterocycles. The SMILES string of the molecule is C[C@H](Cl)[C@H](Sc1ccccc1)C(=O)O. The predicted molar refractivity (Wildman–Crippen MR) is 59.0 cm³/mol. The topological polar surface area (TPSA) is 37.3 Å². The summed E-state index contributed by atoms with van der Waals surface area (Å²) in [5.41, 5.74) is 0. The third kappa shape index (κ3) is 3.24. The van der Waals surface area contributed by atoms with Gasteiger partial charge in [-0.3, -0.25) is 4.79 Å². The molecule has 0 aliphatic heterocycles. The van der Waals surface area contributed by atoms with Crippen LogP contribution in [0, 0.1) is 0 Å². The van der Waals surface area contributed by atoms with Crippen LogP contribution in [0.15, 0.2) is 35.2 Å². The van der Waals surface area contributed by atoms with Crippen LogP contribution in [0.3, 0.4) is 0 Å². The number of thioether (sulfide) groups is 1. The lowest BCUT2D eigenvalue weighted by atomic mass is 10.3. The number of hydrogen-bond donors (Lipinski definition) is 1. The summed E-state index contributed by atoms with van der Waals surface area (Å²) in [7, 11) is 0. The summed E-state index contributed by atoms with van der Waals surface area (Å²) < 4.78 is 0. The average Bonchev–Trinajstić information content (AvgIpc) is 2.15. The zero-order chi connectivity index (χ0) is 10.6. The highest BCUT2D eigenvalue weighted by atomic mass is 35.5. The molecular formula is C10H11ClO2S. The van der Waals surface area contributed by atoms with Crippen LogP contribution in [0.5, 0.6) is 0 Å². The maximum atomic E-state index is 10.8. The number of rotatable bonds is 4. The van der Waals surface area contributed by atoms with Gasteiger partial charge in [-0.2, -0.15) is 0 Å². The number of benzene rings is 1. The second kappa shape index (κ2) is 5.27. The summed E-state index contributed by atoms with van der Waals surface area (Å²) in [6.07, 6.45) is 0. The van der Waals surface area contributed by atoms with E-state index in [4.69, 9.17) is 16.7 Å². The highest BCUT2D eigenvalue weighted by molar-refractivity contribution is 8.00. The Morgan fingerprint density at radius 1 is 1.43 bits per heavy atom. The second-order valence-electron chi connectivity index (χ2n) is 2.87. The quantitative estimate of drug-likeness (QED) is 0.639. The second-order valence-corrected chi connectivity index (χ2v) is 4.77. The van der Waals surface area contributed by atoms with Gasteiger partial charge >= 0.3 is 5.97 Å². The van der Waals surface area contributed by atoms with Gasteiger partial charge in [-0.25, -0.2) is 0 Å². The van der Waals surface area contributed by atoms with Gasteiger partial charge < -0.3 is 5.11 Å². The molecule has 4 heteroatoms. The van der Waals surface area contributed by atoms with Gasteiger partial charge in [0.05, 0.1) is 5.38 Å². The highest BCUT2D eigenvalue weighted by Gasteiger charge is 2.23. The Balaban J connectivity index is 2.70. The van der Waals surface area contributed by atoms with Crippen molar-refractivity contribution in [3.8, 4) is 0 Å². The average molecular weight is 231 g/mol. The van der Waals surface area contributed by atoms with Crippen molar-refractivity contribution in [3.05, 3.63) is 30.3 Å². The van der Waals surface area contributed by atoms with Gasteiger partial charge in [0.25, 0.3) is 0 Å². The Kier molecular flexibility index (Phi) is 4.29. The molecule has 1 aromatic carbocycles. The van der Waals surface area contributed by atoms with E-state index >= 15 is 0 Å². The molecule has 76 valence electrons. The van der Waals surface area contributed by atoms with Crippen molar-refractivity contribution in [3.63, 3.8) is 0 Å². The van der Waals surface area contributed by atoms with Gasteiger partial charge in [0.15, 0.2) is 0 Å². The van der Waals surface area contributed by atoms with E-state index in [0.717, 1.165) is 4.90 Å². The zero-order valence-corrected chi connectivity index (χ0v) is 9.26. The van der Waals surface area contributed by atoms with Gasteiger partial charge in [-0.1, -0.05) is 18.2 Å². The van der Waals surface area contributed by atoms with Gasteiger partial charge in [-0.05, 0) is 19.1 Å². The normalized spacial score (nSPS) is 14.7. The van der Waals surface area contributed by atoms with Crippen LogP contribution in [-0.4, -0.2) is 21.7 Å². The minimum absolute atomic E-state index is 0.391. The minimum Gasteiger partial charge on any atom is -0.480 e. The maximum absolute atomic E-state index is 10.8. The lowest BCUT2D eigenvalue weighted by Crippen LogP contribution is -2.24. The number of carboxylic acids is 1. The molecule has 0 unspecified atom stereocenters. The first kappa shape index (κ1) is 11.4. The Bertz CT molecular complexity index is 300. The van der Waals surface area contributed by atoms with Gasteiger partial charge in [0.2, 0.25) is 0 Å². The number of carboxylic acid groups (broad SMARTS) is 1. The Hall–Kier alpha value is -0.670. The summed E-state index contributed by atoms with van der Waals surface area (Å²) in [5.74, 6) is -0.874. The number of carbonyl (C=O) groups is 1. The molecule has 0 aliphatic carbocycles. The maximum Gasteiger partial charge on any atom is 0.318 e. The minimum atomic E-state index is -0.874. The number of aliphatic carboxylic acids is 1. The van der Waals surface area contributed by atoms with Crippen LogP contribution in [-0.2, 0) is 4.79 Å². The zero-order valence-electron chi connectivity index (χ0n) is 7.68. The van der Waals surface area contributed by atoms with Crippen molar-refractivity contribution in [1.29, 1.82) is 0 Å². The molecule has 0 radical (unpaired) electrons. The van der Waals surface area contributed by atoms with E-state index in [1.54, 1.807) is 6.92 Å². The monoisotopic (exact) mass is 230 g/mol. The third-order valence-electron chi connectivity index (χ3n) is 1.67. The fourth-order valence-electron chi connectivity index (χ4n) is 0.986. The Labute approximate surface area is 92.3 Å². The van der Waals surface area contributed by atoms with Crippen molar-refractivity contribution in [2.24, 2.45) is 0 Å². The van der Waals surface area contributed by atoms with Crippen LogP contribution in [0.25, 0.3) is 0 Å². The molecule has 0 aliphatic rings. The molecule has 0 saturated carbocycles. The van der Waals surface area contributed by atoms with E-state index in [0.29, 0.717) is 0 Å². The van der Waals surface area contributed by atoms with E-state index in [9.17, 15) is 4.79 Å². The summed E-state index contributed by atoms with van der Waals surface area (Å²) in [5, 5.41) is 7.91. The van der Waals surface area contributed by atoms with Crippen molar-refractivity contribution < 1.29 is 9.90 Å². The molecule has 14 heavy (non-hydrogen) atoms. The lowest BCUT2D eigenvalue weighted by Gasteiger charge is -2.13. The molecule has 0 aromatic heterocycles. The van der Waals surface area contributed by atoms with Crippen molar-refractivity contribution >= 4 is 29.3 Å². The molecule has 0 heterocycles. The Morgan fingerprint density at radius 3 is 2.43 bits per heavy atom. The predicted octanol–water partition coefficient (Wildman–Crippen LogP) is 2.86. The smallest absolute Gasteiger partial charge is 0.318 e. The largest absolute Gasteiger partial charge is 0.480 e. The molecule has 2 atom stereocenters. The van der Waals surface area contributed by atoms with Crippen LogP contribution >= 0.6 is 23.4 Å². The molecule has 2 nitrogen and oxygen atoms in total. The van der Waals surface area contributed by atoms with Crippen LogP contribution < -0.4 is 0 Å². The standard InChI is InChI=1S/C10H11ClO2S/c1-7(11)9(10(12)13)14-8-5-3-2-4-6-8/h2-7,9H,1H3,(H,12,13)/t7-,9-/m0/s1. The van der Waals surface area contributed by atoms with Crippen molar-refractivity contribution in [2.75, 3.05) is 0 Å². The number of hydrogen-bond acceptors (Lipinski definition) is 2. The number of alkyl halides is 1. The molecule has 0 spiro atoms. The number of halogens is 1.